The summed E-state index contributed by atoms with van der Waals surface area (Å²) < 4.78 is 46.2. The number of carbonyl (C=O) groups excluding carboxylic acids is 1. The van der Waals surface area contributed by atoms with Crippen molar-refractivity contribution in [3.63, 3.8) is 0 Å². The van der Waals surface area contributed by atoms with Crippen molar-refractivity contribution in [1.82, 2.24) is 5.32 Å². The molecule has 1 N–H and O–H groups in total. The molecule has 6 nitrogen and oxygen atoms in total. The van der Waals surface area contributed by atoms with E-state index >= 15 is 0 Å². The van der Waals surface area contributed by atoms with E-state index in [1.54, 1.807) is 66.4 Å². The summed E-state index contributed by atoms with van der Waals surface area (Å²) >= 11 is 1.69. The lowest BCUT2D eigenvalue weighted by Crippen LogP contribution is -2.41. The van der Waals surface area contributed by atoms with Gasteiger partial charge in [-0.15, -0.1) is 0 Å². The van der Waals surface area contributed by atoms with Gasteiger partial charge in [-0.25, -0.2) is 12.8 Å². The lowest BCUT2D eigenvalue weighted by atomic mass is 10.2. The number of carbonyl (C=O) groups is 1. The van der Waals surface area contributed by atoms with Gasteiger partial charge in [0.1, 0.15) is 18.1 Å². The SMILES string of the molecule is CCOc1ccc(N(CC(=O)NCCCSCc2ccc(F)cc2)S(=O)(=O)c2ccccc2)cc1. The first kappa shape index (κ1) is 26.6. The highest BCUT2D eigenvalue weighted by molar-refractivity contribution is 7.98. The van der Waals surface area contributed by atoms with Crippen LogP contribution in [-0.2, 0) is 20.6 Å². The van der Waals surface area contributed by atoms with Crippen molar-refractivity contribution in [1.29, 1.82) is 0 Å². The first-order chi connectivity index (χ1) is 16.9. The number of sulfonamides is 1. The van der Waals surface area contributed by atoms with Gasteiger partial charge in [-0.3, -0.25) is 9.10 Å². The third-order valence-electron chi connectivity index (χ3n) is 5.02. The number of rotatable bonds is 13. The molecule has 0 aliphatic carbocycles. The smallest absolute Gasteiger partial charge is 0.264 e. The first-order valence-corrected chi connectivity index (χ1v) is 13.9. The Morgan fingerprint density at radius 2 is 1.69 bits per heavy atom. The zero-order valence-electron chi connectivity index (χ0n) is 19.5. The Morgan fingerprint density at radius 1 is 1.00 bits per heavy atom. The minimum absolute atomic E-state index is 0.110. The standard InChI is InChI=1S/C26H29FN2O4S2/c1-2-33-24-15-13-23(14-16-24)29(35(31,32)25-7-4-3-5-8-25)19-26(30)28-17-6-18-34-20-21-9-11-22(27)12-10-21/h3-5,7-16H,2,6,17-20H2,1H3,(H,28,30). The van der Waals surface area contributed by atoms with Gasteiger partial charge in [0, 0.05) is 12.3 Å². The van der Waals surface area contributed by atoms with Crippen LogP contribution in [0, 0.1) is 5.82 Å². The van der Waals surface area contributed by atoms with Crippen LogP contribution in [0.3, 0.4) is 0 Å². The average Bonchev–Trinajstić information content (AvgIpc) is 2.87. The van der Waals surface area contributed by atoms with Crippen molar-refractivity contribution >= 4 is 33.4 Å². The Bertz CT molecular complexity index is 1170. The fraction of sp³-hybridized carbons (Fsp3) is 0.269. The number of halogens is 1. The summed E-state index contributed by atoms with van der Waals surface area (Å²) in [5.74, 6) is 1.55. The number of benzene rings is 3. The second kappa shape index (κ2) is 13.2. The lowest BCUT2D eigenvalue weighted by Gasteiger charge is -2.24. The van der Waals surface area contributed by atoms with Crippen LogP contribution in [0.25, 0.3) is 0 Å². The minimum Gasteiger partial charge on any atom is -0.494 e. The molecule has 1 amide bonds. The predicted molar refractivity (Wildman–Crippen MR) is 139 cm³/mol. The van der Waals surface area contributed by atoms with Crippen molar-refractivity contribution in [2.24, 2.45) is 0 Å². The van der Waals surface area contributed by atoms with E-state index in [4.69, 9.17) is 4.74 Å². The highest BCUT2D eigenvalue weighted by Gasteiger charge is 2.27. The molecule has 35 heavy (non-hydrogen) atoms. The topological polar surface area (TPSA) is 75.7 Å². The molecule has 0 bridgehead atoms. The monoisotopic (exact) mass is 516 g/mol. The molecule has 0 aliphatic heterocycles. The third kappa shape index (κ3) is 8.00. The fourth-order valence-electron chi connectivity index (χ4n) is 3.27. The summed E-state index contributed by atoms with van der Waals surface area (Å²) in [6.45, 7) is 2.45. The van der Waals surface area contributed by atoms with Gasteiger partial charge >= 0.3 is 0 Å². The van der Waals surface area contributed by atoms with Crippen LogP contribution in [0.1, 0.15) is 18.9 Å². The largest absolute Gasteiger partial charge is 0.494 e. The zero-order chi connectivity index (χ0) is 25.1. The number of anilines is 1. The summed E-state index contributed by atoms with van der Waals surface area (Å²) in [4.78, 5) is 12.8. The van der Waals surface area contributed by atoms with Crippen molar-refractivity contribution < 1.29 is 22.3 Å². The second-order valence-corrected chi connectivity index (χ2v) is 10.6. The number of nitrogens with one attached hydrogen (secondary N) is 1. The van der Waals surface area contributed by atoms with Crippen LogP contribution in [-0.4, -0.2) is 39.8 Å². The minimum atomic E-state index is -3.95. The molecule has 9 heteroatoms. The molecular weight excluding hydrogens is 487 g/mol. The molecule has 0 spiro atoms. The molecule has 0 heterocycles. The van der Waals surface area contributed by atoms with Crippen molar-refractivity contribution in [2.45, 2.75) is 24.0 Å². The van der Waals surface area contributed by atoms with Crippen LogP contribution >= 0.6 is 11.8 Å². The first-order valence-electron chi connectivity index (χ1n) is 11.3. The molecule has 0 saturated heterocycles. The van der Waals surface area contributed by atoms with Gasteiger partial charge in [-0.1, -0.05) is 30.3 Å². The van der Waals surface area contributed by atoms with E-state index in [0.717, 1.165) is 27.8 Å². The van der Waals surface area contributed by atoms with Gasteiger partial charge in [-0.05, 0) is 73.2 Å². The molecular formula is C26H29FN2O4S2. The maximum Gasteiger partial charge on any atom is 0.264 e. The molecule has 186 valence electrons. The number of hydrogen-bond acceptors (Lipinski definition) is 5. The van der Waals surface area contributed by atoms with E-state index in [-0.39, 0.29) is 23.2 Å². The van der Waals surface area contributed by atoms with Gasteiger partial charge in [0.2, 0.25) is 5.91 Å². The maximum absolute atomic E-state index is 13.3. The molecule has 0 aliphatic rings. The van der Waals surface area contributed by atoms with Crippen LogP contribution in [0.2, 0.25) is 0 Å². The number of ether oxygens (including phenoxy) is 1. The molecule has 0 saturated carbocycles. The van der Waals surface area contributed by atoms with E-state index in [9.17, 15) is 17.6 Å². The number of nitrogens with zero attached hydrogens (tertiary/aromatic N) is 1. The van der Waals surface area contributed by atoms with Gasteiger partial charge < -0.3 is 10.1 Å². The van der Waals surface area contributed by atoms with Gasteiger partial charge in [0.25, 0.3) is 10.0 Å². The van der Waals surface area contributed by atoms with Gasteiger partial charge in [0.15, 0.2) is 0 Å². The number of hydrogen-bond donors (Lipinski definition) is 1. The Balaban J connectivity index is 1.58. The van der Waals surface area contributed by atoms with E-state index in [1.807, 2.05) is 6.92 Å². The molecule has 0 atom stereocenters. The van der Waals surface area contributed by atoms with Crippen LogP contribution in [0.5, 0.6) is 5.75 Å². The van der Waals surface area contributed by atoms with Crippen molar-refractivity contribution in [3.05, 3.63) is 90.2 Å². The Morgan fingerprint density at radius 3 is 2.34 bits per heavy atom. The highest BCUT2D eigenvalue weighted by Crippen LogP contribution is 2.25. The summed E-state index contributed by atoms with van der Waals surface area (Å²) in [6.07, 6.45) is 0.728. The molecule has 3 aromatic rings. The molecule has 0 radical (unpaired) electrons. The van der Waals surface area contributed by atoms with Crippen molar-refractivity contribution in [3.8, 4) is 5.75 Å². The quantitative estimate of drug-likeness (QED) is 0.329. The van der Waals surface area contributed by atoms with Crippen LogP contribution < -0.4 is 14.4 Å². The Kier molecular flexibility index (Phi) is 9.98. The Labute approximate surface area is 210 Å². The van der Waals surface area contributed by atoms with Gasteiger partial charge in [-0.2, -0.15) is 11.8 Å². The van der Waals surface area contributed by atoms with E-state index < -0.39 is 10.0 Å². The number of amides is 1. The number of thioether (sulfide) groups is 1. The molecule has 3 aromatic carbocycles. The normalized spacial score (nSPS) is 11.1. The van der Waals surface area contributed by atoms with Crippen LogP contribution in [0.4, 0.5) is 10.1 Å². The fourth-order valence-corrected chi connectivity index (χ4v) is 5.63. The molecule has 0 unspecified atom stereocenters. The van der Waals surface area contributed by atoms with Crippen LogP contribution in [0.15, 0.2) is 83.8 Å². The second-order valence-electron chi connectivity index (χ2n) is 7.63. The average molecular weight is 517 g/mol. The maximum atomic E-state index is 13.3. The van der Waals surface area contributed by atoms with E-state index in [1.165, 1.54) is 24.3 Å². The molecule has 0 aromatic heterocycles. The molecule has 3 rings (SSSR count). The van der Waals surface area contributed by atoms with Gasteiger partial charge in [0.05, 0.1) is 17.2 Å². The summed E-state index contributed by atoms with van der Waals surface area (Å²) in [6, 6.07) is 21.1. The van der Waals surface area contributed by atoms with E-state index in [0.29, 0.717) is 24.6 Å². The molecule has 0 fully saturated rings. The van der Waals surface area contributed by atoms with E-state index in [2.05, 4.69) is 5.32 Å². The Hall–Kier alpha value is -3.04. The summed E-state index contributed by atoms with van der Waals surface area (Å²) in [5.41, 5.74) is 1.42. The lowest BCUT2D eigenvalue weighted by molar-refractivity contribution is -0.119. The zero-order valence-corrected chi connectivity index (χ0v) is 21.2. The summed E-state index contributed by atoms with van der Waals surface area (Å²) in [7, 11) is -3.95. The highest BCUT2D eigenvalue weighted by atomic mass is 32.2. The van der Waals surface area contributed by atoms with Crippen molar-refractivity contribution in [2.75, 3.05) is 29.8 Å². The predicted octanol–water partition coefficient (Wildman–Crippen LogP) is 4.86. The summed E-state index contributed by atoms with van der Waals surface area (Å²) in [5, 5.41) is 2.81. The third-order valence-corrected chi connectivity index (χ3v) is 7.93.